The molecule has 3 rings (SSSR count). The fourth-order valence-electron chi connectivity index (χ4n) is 4.61. The van der Waals surface area contributed by atoms with Gasteiger partial charge in [0.05, 0.1) is 18.9 Å². The van der Waals surface area contributed by atoms with E-state index in [0.717, 1.165) is 5.56 Å². The van der Waals surface area contributed by atoms with E-state index >= 15 is 0 Å². The molecule has 5 atom stereocenters. The Morgan fingerprint density at radius 3 is 2.34 bits per heavy atom. The van der Waals surface area contributed by atoms with E-state index in [1.54, 1.807) is 20.8 Å². The van der Waals surface area contributed by atoms with Crippen molar-refractivity contribution in [1.82, 2.24) is 5.32 Å². The number of methoxy groups -OCH3 is 1. The molecule has 1 N–H and O–H groups in total. The van der Waals surface area contributed by atoms with Crippen LogP contribution < -0.4 is 5.32 Å². The molecule has 29 heavy (non-hydrogen) atoms. The second kappa shape index (κ2) is 8.43. The van der Waals surface area contributed by atoms with E-state index in [0.29, 0.717) is 12.8 Å². The number of carbonyl (C=O) groups is 3. The van der Waals surface area contributed by atoms with Crippen molar-refractivity contribution in [2.45, 2.75) is 51.9 Å². The van der Waals surface area contributed by atoms with Gasteiger partial charge in [0.15, 0.2) is 0 Å². The molecule has 2 bridgehead atoms. The number of hydrogen-bond acceptors (Lipinski definition) is 6. The van der Waals surface area contributed by atoms with Gasteiger partial charge in [-0.15, -0.1) is 0 Å². The van der Waals surface area contributed by atoms with Crippen LogP contribution in [0.3, 0.4) is 0 Å². The summed E-state index contributed by atoms with van der Waals surface area (Å²) in [6.07, 6.45) is 0.773. The molecule has 2 aliphatic rings. The lowest BCUT2D eigenvalue weighted by atomic mass is 9.77. The fraction of sp³-hybridized carbons (Fsp3) is 0.591. The van der Waals surface area contributed by atoms with Gasteiger partial charge in [0.2, 0.25) is 0 Å². The van der Waals surface area contributed by atoms with E-state index in [9.17, 15) is 14.4 Å². The molecule has 2 aliphatic carbocycles. The predicted octanol–water partition coefficient (Wildman–Crippen LogP) is 3.07. The molecule has 2 unspecified atom stereocenters. The van der Waals surface area contributed by atoms with Crippen molar-refractivity contribution in [3.8, 4) is 0 Å². The highest BCUT2D eigenvalue weighted by Crippen LogP contribution is 2.53. The van der Waals surface area contributed by atoms with Crippen molar-refractivity contribution in [2.24, 2.45) is 23.7 Å². The summed E-state index contributed by atoms with van der Waals surface area (Å²) in [5.74, 6) is -2.20. The van der Waals surface area contributed by atoms with Crippen LogP contribution >= 0.6 is 0 Å². The second-order valence-corrected chi connectivity index (χ2v) is 8.82. The third-order valence-electron chi connectivity index (χ3n) is 5.68. The van der Waals surface area contributed by atoms with Crippen molar-refractivity contribution in [2.75, 3.05) is 7.11 Å². The summed E-state index contributed by atoms with van der Waals surface area (Å²) in [4.78, 5) is 37.5. The summed E-state index contributed by atoms with van der Waals surface area (Å²) in [5.41, 5.74) is 0.288. The minimum absolute atomic E-state index is 0.0349. The maximum atomic E-state index is 12.8. The molecule has 1 aromatic rings. The van der Waals surface area contributed by atoms with Crippen molar-refractivity contribution in [3.63, 3.8) is 0 Å². The molecule has 1 aromatic carbocycles. The fourth-order valence-corrected chi connectivity index (χ4v) is 4.61. The van der Waals surface area contributed by atoms with Crippen LogP contribution in [0.25, 0.3) is 0 Å². The lowest BCUT2D eigenvalue weighted by Crippen LogP contribution is -2.49. The molecule has 1 amide bonds. The van der Waals surface area contributed by atoms with Gasteiger partial charge in [0, 0.05) is 6.04 Å². The quantitative estimate of drug-likeness (QED) is 0.600. The molecule has 0 aliphatic heterocycles. The van der Waals surface area contributed by atoms with Crippen LogP contribution in [-0.4, -0.2) is 36.8 Å². The van der Waals surface area contributed by atoms with Crippen LogP contribution in [0.4, 0.5) is 4.79 Å². The summed E-state index contributed by atoms with van der Waals surface area (Å²) in [5, 5.41) is 2.87. The molecule has 0 heterocycles. The van der Waals surface area contributed by atoms with Gasteiger partial charge in [-0.1, -0.05) is 30.3 Å². The summed E-state index contributed by atoms with van der Waals surface area (Å²) >= 11 is 0. The van der Waals surface area contributed by atoms with E-state index in [1.165, 1.54) is 7.11 Å². The lowest BCUT2D eigenvalue weighted by molar-refractivity contribution is -0.163. The van der Waals surface area contributed by atoms with Gasteiger partial charge in [-0.3, -0.25) is 9.59 Å². The highest BCUT2D eigenvalue weighted by molar-refractivity contribution is 5.84. The van der Waals surface area contributed by atoms with Gasteiger partial charge in [0.1, 0.15) is 12.2 Å². The summed E-state index contributed by atoms with van der Waals surface area (Å²) < 4.78 is 15.8. The number of alkyl carbamates (subject to hydrolysis) is 1. The number of esters is 2. The molecule has 7 nitrogen and oxygen atoms in total. The molecule has 0 radical (unpaired) electrons. The van der Waals surface area contributed by atoms with E-state index in [2.05, 4.69) is 5.32 Å². The van der Waals surface area contributed by atoms with E-state index in [-0.39, 0.29) is 30.5 Å². The number of amides is 1. The second-order valence-electron chi connectivity index (χ2n) is 8.82. The Hall–Kier alpha value is -2.57. The van der Waals surface area contributed by atoms with Gasteiger partial charge in [-0.2, -0.15) is 0 Å². The average molecular weight is 403 g/mol. The van der Waals surface area contributed by atoms with Crippen molar-refractivity contribution in [1.29, 1.82) is 0 Å². The molecule has 0 spiro atoms. The van der Waals surface area contributed by atoms with Gasteiger partial charge in [-0.25, -0.2) is 4.79 Å². The van der Waals surface area contributed by atoms with Crippen LogP contribution in [0.5, 0.6) is 0 Å². The Bertz CT molecular complexity index is 756. The number of hydrogen-bond donors (Lipinski definition) is 1. The largest absolute Gasteiger partial charge is 0.469 e. The van der Waals surface area contributed by atoms with Crippen LogP contribution in [0.2, 0.25) is 0 Å². The van der Waals surface area contributed by atoms with Crippen molar-refractivity contribution < 1.29 is 28.6 Å². The summed E-state index contributed by atoms with van der Waals surface area (Å²) in [6, 6.07) is 9.19. The highest BCUT2D eigenvalue weighted by Gasteiger charge is 2.59. The number of ether oxygens (including phenoxy) is 3. The van der Waals surface area contributed by atoms with Crippen molar-refractivity contribution in [3.05, 3.63) is 35.9 Å². The maximum absolute atomic E-state index is 12.8. The van der Waals surface area contributed by atoms with Crippen LogP contribution in [-0.2, 0) is 30.4 Å². The maximum Gasteiger partial charge on any atom is 0.407 e. The zero-order valence-electron chi connectivity index (χ0n) is 17.3. The van der Waals surface area contributed by atoms with E-state index in [4.69, 9.17) is 14.2 Å². The molecular formula is C22H29NO6. The van der Waals surface area contributed by atoms with Crippen LogP contribution in [0.1, 0.15) is 39.2 Å². The number of fused-ring (bicyclic) bond motifs is 2. The molecule has 0 saturated heterocycles. The first kappa shape index (κ1) is 21.1. The van der Waals surface area contributed by atoms with Gasteiger partial charge in [-0.05, 0) is 51.0 Å². The molecule has 2 fully saturated rings. The molecule has 7 heteroatoms. The number of carbonyl (C=O) groups excluding carboxylic acids is 3. The Morgan fingerprint density at radius 2 is 1.72 bits per heavy atom. The third kappa shape index (κ3) is 4.89. The number of benzene rings is 1. The highest BCUT2D eigenvalue weighted by atomic mass is 16.6. The predicted molar refractivity (Wildman–Crippen MR) is 105 cm³/mol. The SMILES string of the molecule is COC(=O)[C@@H]1C2CC(C[C@@H]2NC(=O)OC(C)(C)C)[C@@H]1C(=O)OCc1ccccc1. The van der Waals surface area contributed by atoms with Crippen LogP contribution in [0, 0.1) is 23.7 Å². The Kier molecular flexibility index (Phi) is 6.15. The number of rotatable bonds is 5. The third-order valence-corrected chi connectivity index (χ3v) is 5.68. The lowest BCUT2D eigenvalue weighted by Gasteiger charge is -2.33. The minimum atomic E-state index is -0.623. The number of nitrogens with one attached hydrogen (secondary N) is 1. The van der Waals surface area contributed by atoms with Gasteiger partial charge in [0.25, 0.3) is 0 Å². The molecule has 0 aromatic heterocycles. The van der Waals surface area contributed by atoms with E-state index in [1.807, 2.05) is 30.3 Å². The Balaban J connectivity index is 1.67. The summed E-state index contributed by atoms with van der Waals surface area (Å²) in [6.45, 7) is 5.55. The van der Waals surface area contributed by atoms with Crippen molar-refractivity contribution >= 4 is 18.0 Å². The zero-order valence-corrected chi connectivity index (χ0v) is 17.3. The first-order valence-electron chi connectivity index (χ1n) is 9.97. The molecule has 2 saturated carbocycles. The van der Waals surface area contributed by atoms with Gasteiger partial charge < -0.3 is 19.5 Å². The first-order chi connectivity index (χ1) is 13.7. The van der Waals surface area contributed by atoms with E-state index < -0.39 is 29.5 Å². The smallest absolute Gasteiger partial charge is 0.407 e. The Labute approximate surface area is 171 Å². The standard InChI is InChI=1S/C22H29NO6/c1-22(2,3)29-21(26)23-16-11-14-10-15(16)18(19(24)27-4)17(14)20(25)28-12-13-8-6-5-7-9-13/h5-9,14-18H,10-12H2,1-4H3,(H,23,26)/t14?,15?,16-,17-,18+/m0/s1. The first-order valence-corrected chi connectivity index (χ1v) is 9.97. The topological polar surface area (TPSA) is 90.9 Å². The monoisotopic (exact) mass is 403 g/mol. The normalized spacial score (nSPS) is 27.9. The minimum Gasteiger partial charge on any atom is -0.469 e. The van der Waals surface area contributed by atoms with Gasteiger partial charge >= 0.3 is 18.0 Å². The Morgan fingerprint density at radius 1 is 1.03 bits per heavy atom. The summed E-state index contributed by atoms with van der Waals surface area (Å²) in [7, 11) is 1.32. The zero-order chi connectivity index (χ0) is 21.2. The van der Waals surface area contributed by atoms with Crippen LogP contribution in [0.15, 0.2) is 30.3 Å². The average Bonchev–Trinajstić information content (AvgIpc) is 3.22. The molecule has 158 valence electrons. The molecular weight excluding hydrogens is 374 g/mol.